The maximum Gasteiger partial charge on any atom is 0.403 e. The second-order valence-electron chi connectivity index (χ2n) is 7.24. The summed E-state index contributed by atoms with van der Waals surface area (Å²) in [6.07, 6.45) is -2.43. The van der Waals surface area contributed by atoms with E-state index in [0.29, 0.717) is 32.8 Å². The molecule has 1 aromatic carbocycles. The van der Waals surface area contributed by atoms with E-state index in [1.807, 2.05) is 30.0 Å². The summed E-state index contributed by atoms with van der Waals surface area (Å²) >= 11 is 0. The topological polar surface area (TPSA) is 49.3 Å². The zero-order chi connectivity index (χ0) is 22.1. The molecule has 31 heavy (non-hydrogen) atoms. The molecule has 1 N–H and O–H groups in total. The van der Waals surface area contributed by atoms with E-state index in [1.165, 1.54) is 11.8 Å². The van der Waals surface area contributed by atoms with Crippen LogP contribution in [-0.4, -0.2) is 81.5 Å². The fourth-order valence-electron chi connectivity index (χ4n) is 3.50. The summed E-state index contributed by atoms with van der Waals surface area (Å²) in [4.78, 5) is 7.78. The number of alkyl halides is 3. The molecule has 1 heterocycles. The highest BCUT2D eigenvalue weighted by Crippen LogP contribution is 2.28. The first-order valence-corrected chi connectivity index (χ1v) is 10.4. The molecule has 10 heteroatoms. The van der Waals surface area contributed by atoms with E-state index in [4.69, 9.17) is 9.47 Å². The van der Waals surface area contributed by atoms with Crippen molar-refractivity contribution in [1.82, 2.24) is 15.1 Å². The number of benzene rings is 1. The predicted octanol–water partition coefficient (Wildman–Crippen LogP) is 3.79. The molecule has 178 valence electrons. The van der Waals surface area contributed by atoms with Crippen LogP contribution in [0.4, 0.5) is 13.2 Å². The Hall–Kier alpha value is -1.43. The lowest BCUT2D eigenvalue weighted by Gasteiger charge is -2.39. The Morgan fingerprint density at radius 1 is 1.19 bits per heavy atom. The summed E-state index contributed by atoms with van der Waals surface area (Å²) in [5.41, 5.74) is 1.16. The summed E-state index contributed by atoms with van der Waals surface area (Å²) in [5.74, 6) is 2.20. The van der Waals surface area contributed by atoms with Crippen molar-refractivity contribution in [3.05, 3.63) is 23.8 Å². The van der Waals surface area contributed by atoms with Crippen LogP contribution in [-0.2, 0) is 6.42 Å². The Balaban J connectivity index is 0.00000480. The van der Waals surface area contributed by atoms with Gasteiger partial charge in [-0.25, -0.2) is 0 Å². The number of aryl methyl sites for hydroxylation is 1. The Morgan fingerprint density at radius 2 is 1.87 bits per heavy atom. The lowest BCUT2D eigenvalue weighted by molar-refractivity contribution is -0.181. The SMILES string of the molecule is CCOc1cc(CCCNC(=NC)N2CCN(C(C)C(F)(F)F)CC2)ccc1OC.I. The molecule has 1 aromatic rings. The quantitative estimate of drug-likeness (QED) is 0.228. The molecule has 1 unspecified atom stereocenters. The molecule has 0 aromatic heterocycles. The number of guanidine groups is 1. The largest absolute Gasteiger partial charge is 0.493 e. The van der Waals surface area contributed by atoms with Crippen molar-refractivity contribution in [3.63, 3.8) is 0 Å². The molecular weight excluding hydrogens is 524 g/mol. The molecule has 1 fully saturated rings. The van der Waals surface area contributed by atoms with Crippen molar-refractivity contribution >= 4 is 29.9 Å². The van der Waals surface area contributed by atoms with Crippen LogP contribution in [0.25, 0.3) is 0 Å². The molecule has 2 rings (SSSR count). The van der Waals surface area contributed by atoms with Gasteiger partial charge in [-0.1, -0.05) is 6.07 Å². The molecule has 0 bridgehead atoms. The standard InChI is InChI=1S/C21H33F3N4O2.HI/c1-5-30-19-15-17(8-9-18(19)29-4)7-6-10-26-20(25-3)28-13-11-27(12-14-28)16(2)21(22,23)24;/h8-9,15-16H,5-7,10-14H2,1-4H3,(H,25,26);1H. The predicted molar refractivity (Wildman–Crippen MR) is 128 cm³/mol. The highest BCUT2D eigenvalue weighted by molar-refractivity contribution is 14.0. The molecule has 1 atom stereocenters. The number of nitrogens with one attached hydrogen (secondary N) is 1. The average molecular weight is 558 g/mol. The van der Waals surface area contributed by atoms with Crippen molar-refractivity contribution in [3.8, 4) is 11.5 Å². The molecule has 1 aliphatic heterocycles. The molecule has 0 saturated carbocycles. The van der Waals surface area contributed by atoms with E-state index in [2.05, 4.69) is 10.3 Å². The van der Waals surface area contributed by atoms with Gasteiger partial charge in [0.1, 0.15) is 6.04 Å². The monoisotopic (exact) mass is 558 g/mol. The third-order valence-corrected chi connectivity index (χ3v) is 5.30. The Morgan fingerprint density at radius 3 is 2.42 bits per heavy atom. The number of hydrogen-bond acceptors (Lipinski definition) is 4. The van der Waals surface area contributed by atoms with Gasteiger partial charge in [-0.15, -0.1) is 24.0 Å². The van der Waals surface area contributed by atoms with E-state index >= 15 is 0 Å². The number of hydrogen-bond donors (Lipinski definition) is 1. The van der Waals surface area contributed by atoms with Crippen LogP contribution < -0.4 is 14.8 Å². The fourth-order valence-corrected chi connectivity index (χ4v) is 3.50. The normalized spacial score (nSPS) is 16.5. The Kier molecular flexibility index (Phi) is 11.7. The fraction of sp³-hybridized carbons (Fsp3) is 0.667. The van der Waals surface area contributed by atoms with E-state index in [0.717, 1.165) is 42.4 Å². The summed E-state index contributed by atoms with van der Waals surface area (Å²) in [7, 11) is 3.32. The minimum atomic E-state index is -4.19. The minimum absolute atomic E-state index is 0. The van der Waals surface area contributed by atoms with Gasteiger partial charge in [-0.2, -0.15) is 13.2 Å². The van der Waals surface area contributed by atoms with Crippen LogP contribution in [0.1, 0.15) is 25.8 Å². The third kappa shape index (κ3) is 8.21. The van der Waals surface area contributed by atoms with Gasteiger partial charge in [0, 0.05) is 39.8 Å². The maximum atomic E-state index is 12.9. The van der Waals surface area contributed by atoms with Gasteiger partial charge in [0.05, 0.1) is 13.7 Å². The van der Waals surface area contributed by atoms with Crippen LogP contribution in [0.3, 0.4) is 0 Å². The van der Waals surface area contributed by atoms with Gasteiger partial charge in [-0.3, -0.25) is 9.89 Å². The average Bonchev–Trinajstić information content (AvgIpc) is 2.73. The lowest BCUT2D eigenvalue weighted by atomic mass is 10.1. The molecular formula is C21H34F3IN4O2. The van der Waals surface area contributed by atoms with Gasteiger partial charge in [0.2, 0.25) is 0 Å². The third-order valence-electron chi connectivity index (χ3n) is 5.30. The summed E-state index contributed by atoms with van der Waals surface area (Å²) in [6, 6.07) is 4.52. The first-order chi connectivity index (χ1) is 14.3. The van der Waals surface area contributed by atoms with Crippen LogP contribution in [0, 0.1) is 0 Å². The summed E-state index contributed by atoms with van der Waals surface area (Å²) in [6.45, 7) is 6.24. The molecule has 1 aliphatic rings. The zero-order valence-corrected chi connectivity index (χ0v) is 21.0. The van der Waals surface area contributed by atoms with E-state index < -0.39 is 12.2 Å². The Bertz CT molecular complexity index is 696. The smallest absolute Gasteiger partial charge is 0.403 e. The number of methoxy groups -OCH3 is 1. The van der Waals surface area contributed by atoms with Crippen molar-refractivity contribution in [2.24, 2.45) is 4.99 Å². The van der Waals surface area contributed by atoms with Crippen LogP contribution in [0.5, 0.6) is 11.5 Å². The molecule has 0 spiro atoms. The van der Waals surface area contributed by atoms with Crippen LogP contribution >= 0.6 is 24.0 Å². The van der Waals surface area contributed by atoms with Gasteiger partial charge < -0.3 is 19.7 Å². The molecule has 0 radical (unpaired) electrons. The summed E-state index contributed by atoms with van der Waals surface area (Å²) < 4.78 is 49.6. The van der Waals surface area contributed by atoms with Crippen molar-refractivity contribution in [1.29, 1.82) is 0 Å². The Labute approximate surface area is 200 Å². The van der Waals surface area contributed by atoms with Crippen LogP contribution in [0.15, 0.2) is 23.2 Å². The minimum Gasteiger partial charge on any atom is -0.493 e. The highest BCUT2D eigenvalue weighted by Gasteiger charge is 2.41. The molecule has 0 aliphatic carbocycles. The van der Waals surface area contributed by atoms with E-state index in [9.17, 15) is 13.2 Å². The van der Waals surface area contributed by atoms with Gasteiger partial charge in [0.15, 0.2) is 17.5 Å². The second-order valence-corrected chi connectivity index (χ2v) is 7.24. The second kappa shape index (κ2) is 13.2. The maximum absolute atomic E-state index is 12.9. The number of nitrogens with zero attached hydrogens (tertiary/aromatic N) is 3. The number of ether oxygens (including phenoxy) is 2. The van der Waals surface area contributed by atoms with Gasteiger partial charge >= 0.3 is 6.18 Å². The number of aliphatic imine (C=N–C) groups is 1. The number of halogens is 4. The van der Waals surface area contributed by atoms with Crippen molar-refractivity contribution < 1.29 is 22.6 Å². The summed E-state index contributed by atoms with van der Waals surface area (Å²) in [5, 5.41) is 3.33. The highest BCUT2D eigenvalue weighted by atomic mass is 127. The van der Waals surface area contributed by atoms with Gasteiger partial charge in [0.25, 0.3) is 0 Å². The number of piperazine rings is 1. The lowest BCUT2D eigenvalue weighted by Crippen LogP contribution is -2.56. The first-order valence-electron chi connectivity index (χ1n) is 10.4. The zero-order valence-electron chi connectivity index (χ0n) is 18.7. The van der Waals surface area contributed by atoms with E-state index in [1.54, 1.807) is 14.2 Å². The number of rotatable bonds is 8. The van der Waals surface area contributed by atoms with E-state index in [-0.39, 0.29) is 24.0 Å². The first kappa shape index (κ1) is 27.6. The molecule has 1 saturated heterocycles. The van der Waals surface area contributed by atoms with Crippen molar-refractivity contribution in [2.75, 3.05) is 53.5 Å². The van der Waals surface area contributed by atoms with Crippen LogP contribution in [0.2, 0.25) is 0 Å². The van der Waals surface area contributed by atoms with Gasteiger partial charge in [-0.05, 0) is 44.4 Å². The molecule has 6 nitrogen and oxygen atoms in total. The van der Waals surface area contributed by atoms with Crippen molar-refractivity contribution in [2.45, 2.75) is 38.9 Å². The molecule has 0 amide bonds.